The molecule has 0 radical (unpaired) electrons. The maximum Gasteiger partial charge on any atom is 0.292 e. The van der Waals surface area contributed by atoms with Gasteiger partial charge in [-0.3, -0.25) is 10.1 Å². The predicted octanol–water partition coefficient (Wildman–Crippen LogP) is 3.74. The van der Waals surface area contributed by atoms with Gasteiger partial charge in [0.25, 0.3) is 5.69 Å². The molecule has 6 nitrogen and oxygen atoms in total. The minimum Gasteiger partial charge on any atom is -0.350 e. The maximum atomic E-state index is 10.8. The molecule has 2 aromatic carbocycles. The molecule has 0 amide bonds. The van der Waals surface area contributed by atoms with Crippen LogP contribution >= 0.6 is 0 Å². The van der Waals surface area contributed by atoms with Gasteiger partial charge in [-0.15, -0.1) is 4.91 Å². The average Bonchev–Trinajstić information content (AvgIpc) is 2.40. The van der Waals surface area contributed by atoms with E-state index >= 15 is 0 Å². The van der Waals surface area contributed by atoms with Gasteiger partial charge in [0.05, 0.1) is 4.92 Å². The van der Waals surface area contributed by atoms with Crippen LogP contribution < -0.4 is 5.32 Å². The number of nitrogens with zero attached hydrogens (tertiary/aromatic N) is 2. The number of hydrogen-bond donors (Lipinski definition) is 1. The Morgan fingerprint density at radius 1 is 1.06 bits per heavy atom. The quantitative estimate of drug-likeness (QED) is 0.503. The molecule has 0 aliphatic heterocycles. The Morgan fingerprint density at radius 2 is 1.72 bits per heavy atom. The maximum absolute atomic E-state index is 10.8. The van der Waals surface area contributed by atoms with E-state index in [1.165, 1.54) is 18.2 Å². The number of nitrogens with one attached hydrogen (secondary N) is 1. The number of hydrogen-bond acceptors (Lipinski definition) is 5. The van der Waals surface area contributed by atoms with E-state index in [1.54, 1.807) is 30.3 Å². The molecular weight excluding hydrogens is 234 g/mol. The summed E-state index contributed by atoms with van der Waals surface area (Å²) in [5.41, 5.74) is 1.35. The number of para-hydroxylation sites is 2. The number of nitro benzene ring substituents is 1. The molecule has 0 heterocycles. The van der Waals surface area contributed by atoms with E-state index < -0.39 is 4.92 Å². The molecular formula is C12H9N3O3. The van der Waals surface area contributed by atoms with E-state index in [2.05, 4.69) is 10.5 Å². The van der Waals surface area contributed by atoms with Gasteiger partial charge in [-0.25, -0.2) is 0 Å². The van der Waals surface area contributed by atoms with Crippen molar-refractivity contribution in [1.29, 1.82) is 0 Å². The average molecular weight is 243 g/mol. The highest BCUT2D eigenvalue weighted by molar-refractivity contribution is 5.69. The van der Waals surface area contributed by atoms with Crippen LogP contribution in [0.1, 0.15) is 0 Å². The summed E-state index contributed by atoms with van der Waals surface area (Å²) in [6.07, 6.45) is 0. The summed E-state index contributed by atoms with van der Waals surface area (Å²) in [6, 6.07) is 12.7. The van der Waals surface area contributed by atoms with Gasteiger partial charge in [-0.1, -0.05) is 12.1 Å². The molecule has 0 bridgehead atoms. The summed E-state index contributed by atoms with van der Waals surface area (Å²) in [5.74, 6) is 0. The number of nitro groups is 1. The zero-order valence-electron chi connectivity index (χ0n) is 9.24. The third-order valence-electron chi connectivity index (χ3n) is 2.35. The normalized spacial score (nSPS) is 9.78. The van der Waals surface area contributed by atoms with Crippen LogP contribution in [0.3, 0.4) is 0 Å². The Balaban J connectivity index is 2.28. The van der Waals surface area contributed by atoms with Crippen molar-refractivity contribution >= 4 is 22.7 Å². The fourth-order valence-corrected chi connectivity index (χ4v) is 1.50. The van der Waals surface area contributed by atoms with Gasteiger partial charge < -0.3 is 5.32 Å². The second kappa shape index (κ2) is 5.05. The van der Waals surface area contributed by atoms with E-state index in [9.17, 15) is 15.0 Å². The summed E-state index contributed by atoms with van der Waals surface area (Å²) < 4.78 is 0. The largest absolute Gasteiger partial charge is 0.350 e. The lowest BCUT2D eigenvalue weighted by Crippen LogP contribution is -1.96. The minimum absolute atomic E-state index is 0.00455. The SMILES string of the molecule is O=Nc1ccc(Nc2ccccc2[N+](=O)[O-])cc1. The highest BCUT2D eigenvalue weighted by Gasteiger charge is 2.11. The molecule has 0 aromatic heterocycles. The van der Waals surface area contributed by atoms with Crippen LogP contribution in [-0.4, -0.2) is 4.92 Å². The zero-order chi connectivity index (χ0) is 13.0. The van der Waals surface area contributed by atoms with Crippen LogP contribution in [0.2, 0.25) is 0 Å². The van der Waals surface area contributed by atoms with E-state index in [0.29, 0.717) is 17.1 Å². The molecule has 6 heteroatoms. The Bertz CT molecular complexity index is 581. The predicted molar refractivity (Wildman–Crippen MR) is 68.3 cm³/mol. The molecule has 0 saturated heterocycles. The summed E-state index contributed by atoms with van der Waals surface area (Å²) in [7, 11) is 0. The van der Waals surface area contributed by atoms with E-state index in [0.717, 1.165) is 0 Å². The molecule has 0 aliphatic carbocycles. The van der Waals surface area contributed by atoms with Gasteiger partial charge in [0.1, 0.15) is 11.4 Å². The van der Waals surface area contributed by atoms with E-state index in [4.69, 9.17) is 0 Å². The smallest absolute Gasteiger partial charge is 0.292 e. The molecule has 0 aliphatic rings. The third kappa shape index (κ3) is 2.49. The van der Waals surface area contributed by atoms with Crippen LogP contribution in [0, 0.1) is 15.0 Å². The van der Waals surface area contributed by atoms with Crippen molar-refractivity contribution in [2.45, 2.75) is 0 Å². The van der Waals surface area contributed by atoms with Crippen molar-refractivity contribution in [3.63, 3.8) is 0 Å². The Morgan fingerprint density at radius 3 is 2.33 bits per heavy atom. The molecule has 90 valence electrons. The second-order valence-corrected chi connectivity index (χ2v) is 3.54. The lowest BCUT2D eigenvalue weighted by molar-refractivity contribution is -0.383. The summed E-state index contributed by atoms with van der Waals surface area (Å²) in [5, 5.41) is 16.5. The van der Waals surface area contributed by atoms with Gasteiger partial charge in [-0.05, 0) is 35.5 Å². The van der Waals surface area contributed by atoms with Gasteiger partial charge in [-0.2, -0.15) is 0 Å². The van der Waals surface area contributed by atoms with Gasteiger partial charge in [0, 0.05) is 11.8 Å². The van der Waals surface area contributed by atoms with Crippen LogP contribution in [0.25, 0.3) is 0 Å². The Labute approximate surface area is 102 Å². The third-order valence-corrected chi connectivity index (χ3v) is 2.35. The lowest BCUT2D eigenvalue weighted by atomic mass is 10.2. The number of nitroso groups, excluding NO2 is 1. The molecule has 18 heavy (non-hydrogen) atoms. The molecule has 2 aromatic rings. The van der Waals surface area contributed by atoms with Crippen LogP contribution in [0.15, 0.2) is 53.7 Å². The minimum atomic E-state index is -0.455. The standard InChI is InChI=1S/C12H9N3O3/c16-14-10-7-5-9(6-8-10)13-11-3-1-2-4-12(11)15(17)18/h1-8,13H. The van der Waals surface area contributed by atoms with Crippen molar-refractivity contribution in [3.8, 4) is 0 Å². The van der Waals surface area contributed by atoms with Crippen molar-refractivity contribution < 1.29 is 4.92 Å². The summed E-state index contributed by atoms with van der Waals surface area (Å²) in [6.45, 7) is 0. The van der Waals surface area contributed by atoms with Gasteiger partial charge in [0.2, 0.25) is 0 Å². The summed E-state index contributed by atoms with van der Waals surface area (Å²) in [4.78, 5) is 20.6. The van der Waals surface area contributed by atoms with Crippen molar-refractivity contribution in [3.05, 3.63) is 63.6 Å². The fourth-order valence-electron chi connectivity index (χ4n) is 1.50. The Hall–Kier alpha value is -2.76. The monoisotopic (exact) mass is 243 g/mol. The lowest BCUT2D eigenvalue weighted by Gasteiger charge is -2.06. The van der Waals surface area contributed by atoms with Crippen molar-refractivity contribution in [1.82, 2.24) is 0 Å². The molecule has 0 spiro atoms. The second-order valence-electron chi connectivity index (χ2n) is 3.54. The highest BCUT2D eigenvalue weighted by Crippen LogP contribution is 2.27. The van der Waals surface area contributed by atoms with Gasteiger partial charge in [0.15, 0.2) is 0 Å². The first kappa shape index (κ1) is 11.7. The topological polar surface area (TPSA) is 84.6 Å². The fraction of sp³-hybridized carbons (Fsp3) is 0. The number of benzene rings is 2. The van der Waals surface area contributed by atoms with E-state index in [-0.39, 0.29) is 5.69 Å². The van der Waals surface area contributed by atoms with Gasteiger partial charge >= 0.3 is 0 Å². The van der Waals surface area contributed by atoms with E-state index in [1.807, 2.05) is 0 Å². The first-order valence-electron chi connectivity index (χ1n) is 5.14. The van der Waals surface area contributed by atoms with Crippen LogP contribution in [0.5, 0.6) is 0 Å². The van der Waals surface area contributed by atoms with Crippen molar-refractivity contribution in [2.24, 2.45) is 5.18 Å². The molecule has 0 fully saturated rings. The Kier molecular flexibility index (Phi) is 3.29. The number of anilines is 2. The zero-order valence-corrected chi connectivity index (χ0v) is 9.24. The van der Waals surface area contributed by atoms with Crippen molar-refractivity contribution in [2.75, 3.05) is 5.32 Å². The first-order chi connectivity index (χ1) is 8.70. The number of rotatable bonds is 4. The van der Waals surface area contributed by atoms with Crippen LogP contribution in [0.4, 0.5) is 22.7 Å². The summed E-state index contributed by atoms with van der Waals surface area (Å²) >= 11 is 0. The molecule has 0 saturated carbocycles. The molecule has 1 N–H and O–H groups in total. The molecule has 0 unspecified atom stereocenters. The first-order valence-corrected chi connectivity index (χ1v) is 5.14. The highest BCUT2D eigenvalue weighted by atomic mass is 16.6. The molecule has 2 rings (SSSR count). The van der Waals surface area contributed by atoms with Crippen LogP contribution in [-0.2, 0) is 0 Å². The molecule has 0 atom stereocenters.